The van der Waals surface area contributed by atoms with Gasteiger partial charge in [0.05, 0.1) is 31.1 Å². The minimum Gasteiger partial charge on any atom is -0.444 e. The number of para-hydroxylation sites is 1. The van der Waals surface area contributed by atoms with Gasteiger partial charge in [0.1, 0.15) is 12.1 Å². The molecule has 4 heterocycles. The Morgan fingerprint density at radius 1 is 1.14 bits per heavy atom. The van der Waals surface area contributed by atoms with Gasteiger partial charge in [0.25, 0.3) is 0 Å². The minimum absolute atomic E-state index is 0.0113. The van der Waals surface area contributed by atoms with E-state index in [1.54, 1.807) is 6.20 Å². The second-order valence-corrected chi connectivity index (χ2v) is 9.06. The molecule has 0 amide bonds. The van der Waals surface area contributed by atoms with Crippen molar-refractivity contribution in [2.45, 2.75) is 25.4 Å². The number of hydrogen-bond donors (Lipinski definition) is 2. The summed E-state index contributed by atoms with van der Waals surface area (Å²) in [6, 6.07) is 15.9. The van der Waals surface area contributed by atoms with Crippen LogP contribution in [0.25, 0.3) is 11.3 Å². The molecule has 6 rings (SSSR count). The van der Waals surface area contributed by atoms with Crippen LogP contribution < -0.4 is 10.2 Å². The van der Waals surface area contributed by atoms with Gasteiger partial charge in [-0.1, -0.05) is 18.2 Å². The van der Waals surface area contributed by atoms with E-state index < -0.39 is 0 Å². The topological polar surface area (TPSA) is 108 Å². The first-order valence-corrected chi connectivity index (χ1v) is 12.0. The number of rotatable bonds is 7. The maximum atomic E-state index is 11.2. The first-order chi connectivity index (χ1) is 17.7. The summed E-state index contributed by atoms with van der Waals surface area (Å²) in [7, 11) is 0. The highest BCUT2D eigenvalue weighted by molar-refractivity contribution is 5.73. The number of aliphatic hydroxyl groups excluding tert-OH is 1. The number of aromatic nitrogens is 3. The molecule has 2 N–H and O–H groups in total. The molecule has 4 aromatic rings. The van der Waals surface area contributed by atoms with E-state index in [1.807, 2.05) is 36.4 Å². The summed E-state index contributed by atoms with van der Waals surface area (Å²) in [5.74, 6) is 1.98. The van der Waals surface area contributed by atoms with Crippen LogP contribution >= 0.6 is 0 Å². The number of nitrogens with one attached hydrogen (secondary N) is 1. The van der Waals surface area contributed by atoms with Crippen LogP contribution in [0, 0.1) is 0 Å². The van der Waals surface area contributed by atoms with E-state index >= 15 is 0 Å². The van der Waals surface area contributed by atoms with Crippen molar-refractivity contribution in [2.75, 3.05) is 29.9 Å². The van der Waals surface area contributed by atoms with E-state index in [1.165, 1.54) is 12.0 Å². The molecule has 1 unspecified atom stereocenters. The van der Waals surface area contributed by atoms with Crippen molar-refractivity contribution in [2.24, 2.45) is 0 Å². The first kappa shape index (κ1) is 22.4. The zero-order chi connectivity index (χ0) is 24.5. The Morgan fingerprint density at radius 3 is 2.78 bits per heavy atom. The fourth-order valence-electron chi connectivity index (χ4n) is 5.07. The monoisotopic (exact) mass is 482 g/mol. The molecule has 2 aromatic carbocycles. The second kappa shape index (κ2) is 9.52. The van der Waals surface area contributed by atoms with Crippen LogP contribution in [0.4, 0.5) is 23.1 Å². The lowest BCUT2D eigenvalue weighted by Crippen LogP contribution is -2.37. The highest BCUT2D eigenvalue weighted by atomic mass is 16.3. The van der Waals surface area contributed by atoms with E-state index in [4.69, 9.17) is 14.4 Å². The largest absolute Gasteiger partial charge is 0.444 e. The van der Waals surface area contributed by atoms with Crippen molar-refractivity contribution in [3.63, 3.8) is 0 Å². The van der Waals surface area contributed by atoms with Crippen LogP contribution in [0.5, 0.6) is 0 Å². The van der Waals surface area contributed by atoms with Gasteiger partial charge in [0.2, 0.25) is 5.95 Å². The van der Waals surface area contributed by atoms with E-state index in [-0.39, 0.29) is 12.6 Å². The number of hydrogen-bond acceptors (Lipinski definition) is 9. The molecule has 0 saturated carbocycles. The molecule has 36 heavy (non-hydrogen) atoms. The quantitative estimate of drug-likeness (QED) is 0.383. The number of benzene rings is 2. The maximum Gasteiger partial charge on any atom is 0.229 e. The lowest BCUT2D eigenvalue weighted by molar-refractivity contribution is -0.109. The van der Waals surface area contributed by atoms with E-state index in [9.17, 15) is 9.90 Å². The van der Waals surface area contributed by atoms with Crippen molar-refractivity contribution >= 4 is 29.4 Å². The molecule has 0 fully saturated rings. The first-order valence-electron chi connectivity index (χ1n) is 12.0. The number of carbonyl (C=O) groups is 1. The fraction of sp³-hybridized carbons (Fsp3) is 0.259. The number of aldehydes is 1. The van der Waals surface area contributed by atoms with Gasteiger partial charge < -0.3 is 24.5 Å². The molecule has 9 nitrogen and oxygen atoms in total. The summed E-state index contributed by atoms with van der Waals surface area (Å²) in [5, 5.41) is 13.6. The molecule has 2 aromatic heterocycles. The van der Waals surface area contributed by atoms with Gasteiger partial charge in [-0.25, -0.2) is 9.97 Å². The third kappa shape index (κ3) is 4.12. The average molecular weight is 483 g/mol. The Labute approximate surface area is 208 Å². The van der Waals surface area contributed by atoms with Crippen LogP contribution in [0.1, 0.15) is 16.8 Å². The molecule has 0 aliphatic carbocycles. The maximum absolute atomic E-state index is 11.2. The summed E-state index contributed by atoms with van der Waals surface area (Å²) in [4.78, 5) is 29.3. The molecular weight excluding hydrogens is 456 g/mol. The molecule has 9 heteroatoms. The molecule has 0 spiro atoms. The molecule has 0 saturated heterocycles. The van der Waals surface area contributed by atoms with Crippen LogP contribution in [-0.4, -0.2) is 57.0 Å². The Hall–Kier alpha value is -4.08. The third-order valence-electron chi connectivity index (χ3n) is 6.82. The summed E-state index contributed by atoms with van der Waals surface area (Å²) >= 11 is 0. The number of fused-ring (bicyclic) bond motifs is 2. The molecular formula is C27H26N6O3. The molecule has 182 valence electrons. The van der Waals surface area contributed by atoms with Crippen molar-refractivity contribution < 1.29 is 14.3 Å². The van der Waals surface area contributed by atoms with Gasteiger partial charge in [-0.05, 0) is 42.3 Å². The zero-order valence-corrected chi connectivity index (χ0v) is 19.7. The standard InChI is InChI=1S/C27H26N6O3/c34-12-11-32-10-9-23-22(15-32)26(33-21(16-35)13-19-3-1-2-4-24(19)33)31-27(30-23)29-20-7-5-18(6-8-20)25-14-28-17-36-25/h1-8,12,14,17,21,35H,9-11,13,15-16H2,(H,29,30,31). The number of nitrogens with zero attached hydrogens (tertiary/aromatic N) is 5. The van der Waals surface area contributed by atoms with Gasteiger partial charge in [0, 0.05) is 42.0 Å². The lowest BCUT2D eigenvalue weighted by Gasteiger charge is -2.33. The summed E-state index contributed by atoms with van der Waals surface area (Å²) in [6.07, 6.45) is 5.50. The Balaban J connectivity index is 1.39. The Bertz CT molecular complexity index is 1370. The summed E-state index contributed by atoms with van der Waals surface area (Å²) in [6.45, 7) is 1.73. The van der Waals surface area contributed by atoms with Crippen molar-refractivity contribution in [3.8, 4) is 11.3 Å². The number of aliphatic hydroxyl groups is 1. The average Bonchev–Trinajstić information content (AvgIpc) is 3.57. The number of oxazole rings is 1. The highest BCUT2D eigenvalue weighted by Crippen LogP contribution is 2.41. The molecule has 2 aliphatic heterocycles. The smallest absolute Gasteiger partial charge is 0.229 e. The third-order valence-corrected chi connectivity index (χ3v) is 6.82. The number of anilines is 4. The summed E-state index contributed by atoms with van der Waals surface area (Å²) in [5.41, 5.74) is 5.98. The van der Waals surface area contributed by atoms with Gasteiger partial charge in [-0.2, -0.15) is 4.98 Å². The van der Waals surface area contributed by atoms with E-state index in [0.29, 0.717) is 24.8 Å². The Kier molecular flexibility index (Phi) is 5.92. The number of carbonyl (C=O) groups excluding carboxylic acids is 1. The fourth-order valence-corrected chi connectivity index (χ4v) is 5.07. The molecule has 0 bridgehead atoms. The minimum atomic E-state index is -0.114. The van der Waals surface area contributed by atoms with Crippen molar-refractivity contribution in [1.82, 2.24) is 19.9 Å². The predicted octanol–water partition coefficient (Wildman–Crippen LogP) is 3.49. The summed E-state index contributed by atoms with van der Waals surface area (Å²) < 4.78 is 5.38. The van der Waals surface area contributed by atoms with Crippen LogP contribution in [0.2, 0.25) is 0 Å². The molecule has 0 radical (unpaired) electrons. The van der Waals surface area contributed by atoms with Gasteiger partial charge in [-0.15, -0.1) is 0 Å². The SMILES string of the molecule is O=CCN1CCc2nc(Nc3ccc(-c4cnco4)cc3)nc(N3c4ccccc4CC3CO)c2C1. The van der Waals surface area contributed by atoms with Gasteiger partial charge >= 0.3 is 0 Å². The lowest BCUT2D eigenvalue weighted by atomic mass is 10.0. The normalized spacial score (nSPS) is 17.0. The second-order valence-electron chi connectivity index (χ2n) is 9.06. The van der Waals surface area contributed by atoms with Gasteiger partial charge in [0.15, 0.2) is 12.2 Å². The van der Waals surface area contributed by atoms with E-state index in [0.717, 1.165) is 59.7 Å². The van der Waals surface area contributed by atoms with Crippen molar-refractivity contribution in [3.05, 3.63) is 77.9 Å². The van der Waals surface area contributed by atoms with Crippen LogP contribution in [0.15, 0.2) is 65.5 Å². The van der Waals surface area contributed by atoms with Crippen LogP contribution in [0.3, 0.4) is 0 Å². The highest BCUT2D eigenvalue weighted by Gasteiger charge is 2.34. The predicted molar refractivity (Wildman–Crippen MR) is 135 cm³/mol. The van der Waals surface area contributed by atoms with Crippen LogP contribution in [-0.2, 0) is 24.2 Å². The zero-order valence-electron chi connectivity index (χ0n) is 19.7. The molecule has 2 aliphatic rings. The van der Waals surface area contributed by atoms with Crippen molar-refractivity contribution in [1.29, 1.82) is 0 Å². The molecule has 1 atom stereocenters. The van der Waals surface area contributed by atoms with E-state index in [2.05, 4.69) is 32.2 Å². The van der Waals surface area contributed by atoms with Gasteiger partial charge in [-0.3, -0.25) is 4.90 Å². The Morgan fingerprint density at radius 2 is 2.00 bits per heavy atom.